The Labute approximate surface area is 70.3 Å². The molecule has 0 aliphatic carbocycles. The lowest BCUT2D eigenvalue weighted by Gasteiger charge is -1.94. The highest BCUT2D eigenvalue weighted by Gasteiger charge is 2.17. The first-order valence-corrected chi connectivity index (χ1v) is 4.28. The van der Waals surface area contributed by atoms with Crippen LogP contribution in [0.2, 0.25) is 0 Å². The van der Waals surface area contributed by atoms with Crippen molar-refractivity contribution in [2.75, 3.05) is 0 Å². The maximum absolute atomic E-state index is 10.6. The number of hydrogen-bond acceptors (Lipinski definition) is 2. The Morgan fingerprint density at radius 2 is 1.89 bits per heavy atom. The average molecular weight is 258 g/mol. The van der Waals surface area contributed by atoms with Gasteiger partial charge in [0.2, 0.25) is 5.78 Å². The van der Waals surface area contributed by atoms with Crippen LogP contribution < -0.4 is 0 Å². The number of carbonyl (C=O) groups is 2. The van der Waals surface area contributed by atoms with E-state index in [0.29, 0.717) is 0 Å². The lowest BCUT2D eigenvalue weighted by atomic mass is 10.2. The molecule has 0 aromatic rings. The van der Waals surface area contributed by atoms with Crippen molar-refractivity contribution in [2.45, 2.75) is 17.1 Å². The number of alkyl halides is 2. The minimum Gasteiger partial charge on any atom is -0.291 e. The van der Waals surface area contributed by atoms with Crippen molar-refractivity contribution in [2.24, 2.45) is 0 Å². The Morgan fingerprint density at radius 1 is 1.44 bits per heavy atom. The molecule has 4 heteroatoms. The molecule has 0 aliphatic heterocycles. The molecule has 0 N–H and O–H groups in total. The van der Waals surface area contributed by atoms with Gasteiger partial charge in [-0.2, -0.15) is 0 Å². The molecule has 0 amide bonds. The van der Waals surface area contributed by atoms with Crippen LogP contribution in [0.4, 0.5) is 0 Å². The Bertz CT molecular complexity index is 131. The Morgan fingerprint density at radius 3 is 2.00 bits per heavy atom. The highest BCUT2D eigenvalue weighted by Crippen LogP contribution is 2.09. The van der Waals surface area contributed by atoms with E-state index >= 15 is 0 Å². The van der Waals surface area contributed by atoms with Gasteiger partial charge in [-0.15, -0.1) is 0 Å². The van der Waals surface area contributed by atoms with Crippen molar-refractivity contribution < 1.29 is 9.59 Å². The van der Waals surface area contributed by atoms with Crippen molar-refractivity contribution in [3.05, 3.63) is 0 Å². The van der Waals surface area contributed by atoms with E-state index in [4.69, 9.17) is 0 Å². The second-order valence-corrected chi connectivity index (χ2v) is 4.50. The van der Waals surface area contributed by atoms with Gasteiger partial charge in [0.25, 0.3) is 0 Å². The minimum atomic E-state index is -0.516. The zero-order valence-corrected chi connectivity index (χ0v) is 8.03. The van der Waals surface area contributed by atoms with Crippen molar-refractivity contribution >= 4 is 43.4 Å². The number of ketones is 2. The van der Waals surface area contributed by atoms with Crippen LogP contribution in [0.1, 0.15) is 13.3 Å². The van der Waals surface area contributed by atoms with E-state index in [2.05, 4.69) is 31.9 Å². The maximum atomic E-state index is 10.6. The minimum absolute atomic E-state index is 0.270. The van der Waals surface area contributed by atoms with Gasteiger partial charge in [-0.25, -0.2) is 0 Å². The maximum Gasteiger partial charge on any atom is 0.222 e. The normalized spacial score (nSPS) is 9.78. The molecule has 0 saturated heterocycles. The third-order valence-corrected chi connectivity index (χ3v) is 1.63. The van der Waals surface area contributed by atoms with Crippen molar-refractivity contribution in [1.29, 1.82) is 0 Å². The molecule has 0 fully saturated rings. The van der Waals surface area contributed by atoms with Gasteiger partial charge in [-0.1, -0.05) is 38.8 Å². The molecule has 0 aliphatic rings. The predicted octanol–water partition coefficient (Wildman–Crippen LogP) is 1.65. The molecule has 0 heterocycles. The van der Waals surface area contributed by atoms with Gasteiger partial charge in [0, 0.05) is 6.42 Å². The Balaban J connectivity index is 3.89. The molecular formula is C5H6Br2O2. The van der Waals surface area contributed by atoms with Crippen LogP contribution in [-0.4, -0.2) is 15.3 Å². The average Bonchev–Trinajstić information content (AvgIpc) is 1.84. The summed E-state index contributed by atoms with van der Waals surface area (Å²) in [6.07, 6.45) is 0.270. The SMILES string of the molecule is CCC(=O)C(=O)C(Br)Br. The van der Waals surface area contributed by atoms with E-state index in [1.165, 1.54) is 0 Å². The summed E-state index contributed by atoms with van der Waals surface area (Å²) >= 11 is 5.85. The highest BCUT2D eigenvalue weighted by molar-refractivity contribution is 9.25. The number of Topliss-reactive ketones (excluding diaryl/α,β-unsaturated/α-hetero) is 2. The monoisotopic (exact) mass is 256 g/mol. The summed E-state index contributed by atoms with van der Waals surface area (Å²) in [5, 5.41) is 0. The van der Waals surface area contributed by atoms with Crippen LogP contribution in [-0.2, 0) is 9.59 Å². The molecule has 0 atom stereocenters. The smallest absolute Gasteiger partial charge is 0.222 e. The fourth-order valence-electron chi connectivity index (χ4n) is 0.296. The quantitative estimate of drug-likeness (QED) is 0.569. The lowest BCUT2D eigenvalue weighted by Crippen LogP contribution is -2.18. The second kappa shape index (κ2) is 4.17. The summed E-state index contributed by atoms with van der Waals surface area (Å²) in [7, 11) is 0. The van der Waals surface area contributed by atoms with Crippen LogP contribution in [0, 0.1) is 0 Å². The van der Waals surface area contributed by atoms with Crippen LogP contribution in [0.25, 0.3) is 0 Å². The first kappa shape index (κ1) is 9.30. The molecule has 0 spiro atoms. The van der Waals surface area contributed by atoms with Crippen LogP contribution in [0.15, 0.2) is 0 Å². The molecule has 0 aromatic carbocycles. The second-order valence-electron chi connectivity index (χ2n) is 1.44. The summed E-state index contributed by atoms with van der Waals surface area (Å²) in [6, 6.07) is 0. The number of halogens is 2. The Kier molecular flexibility index (Phi) is 4.31. The molecule has 2 nitrogen and oxygen atoms in total. The zero-order valence-electron chi connectivity index (χ0n) is 4.86. The fourth-order valence-corrected chi connectivity index (χ4v) is 0.807. The molecule has 52 valence electrons. The van der Waals surface area contributed by atoms with Gasteiger partial charge in [0.1, 0.15) is 3.74 Å². The number of hydrogen-bond donors (Lipinski definition) is 0. The molecule has 0 radical (unpaired) electrons. The highest BCUT2D eigenvalue weighted by atomic mass is 79.9. The van der Waals surface area contributed by atoms with E-state index in [1.807, 2.05) is 0 Å². The molecule has 0 bridgehead atoms. The summed E-state index contributed by atoms with van der Waals surface area (Å²) in [5.41, 5.74) is 0. The van der Waals surface area contributed by atoms with E-state index in [-0.39, 0.29) is 12.2 Å². The Hall–Kier alpha value is 0.300. The first-order valence-electron chi connectivity index (χ1n) is 2.44. The number of carbonyl (C=O) groups excluding carboxylic acids is 2. The van der Waals surface area contributed by atoms with Gasteiger partial charge in [0.05, 0.1) is 0 Å². The molecule has 0 aromatic heterocycles. The van der Waals surface area contributed by atoms with Gasteiger partial charge in [0.15, 0.2) is 5.78 Å². The van der Waals surface area contributed by atoms with Crippen LogP contribution >= 0.6 is 31.9 Å². The third-order valence-electron chi connectivity index (χ3n) is 0.794. The van der Waals surface area contributed by atoms with E-state index in [9.17, 15) is 9.59 Å². The van der Waals surface area contributed by atoms with Gasteiger partial charge in [-0.05, 0) is 0 Å². The van der Waals surface area contributed by atoms with Crippen molar-refractivity contribution in [3.63, 3.8) is 0 Å². The summed E-state index contributed by atoms with van der Waals surface area (Å²) in [6.45, 7) is 1.66. The van der Waals surface area contributed by atoms with Crippen molar-refractivity contribution in [1.82, 2.24) is 0 Å². The standard InChI is InChI=1S/C5H6Br2O2/c1-2-3(8)4(9)5(6)7/h5H,2H2,1H3. The third kappa shape index (κ3) is 3.11. The topological polar surface area (TPSA) is 34.1 Å². The van der Waals surface area contributed by atoms with E-state index < -0.39 is 9.52 Å². The largest absolute Gasteiger partial charge is 0.291 e. The molecule has 0 rings (SSSR count). The van der Waals surface area contributed by atoms with Crippen LogP contribution in [0.5, 0.6) is 0 Å². The summed E-state index contributed by atoms with van der Waals surface area (Å²) < 4.78 is -0.516. The van der Waals surface area contributed by atoms with E-state index in [0.717, 1.165) is 0 Å². The van der Waals surface area contributed by atoms with Crippen molar-refractivity contribution in [3.8, 4) is 0 Å². The molecule has 0 unspecified atom stereocenters. The fraction of sp³-hybridized carbons (Fsp3) is 0.600. The van der Waals surface area contributed by atoms with Gasteiger partial charge >= 0.3 is 0 Å². The lowest BCUT2D eigenvalue weighted by molar-refractivity contribution is -0.135. The summed E-state index contributed by atoms with van der Waals surface area (Å²) in [5.74, 6) is -0.772. The van der Waals surface area contributed by atoms with Gasteiger partial charge in [-0.3, -0.25) is 9.59 Å². The predicted molar refractivity (Wildman–Crippen MR) is 41.9 cm³/mol. The van der Waals surface area contributed by atoms with Crippen LogP contribution in [0.3, 0.4) is 0 Å². The first-order chi connectivity index (χ1) is 4.09. The van der Waals surface area contributed by atoms with Gasteiger partial charge < -0.3 is 0 Å². The molecular weight excluding hydrogens is 252 g/mol. The number of rotatable bonds is 3. The summed E-state index contributed by atoms with van der Waals surface area (Å²) in [4.78, 5) is 21.2. The molecule has 9 heavy (non-hydrogen) atoms. The van der Waals surface area contributed by atoms with E-state index in [1.54, 1.807) is 6.92 Å². The zero-order chi connectivity index (χ0) is 7.44. The molecule has 0 saturated carbocycles.